The van der Waals surface area contributed by atoms with E-state index in [4.69, 9.17) is 0 Å². The van der Waals surface area contributed by atoms with Gasteiger partial charge in [-0.1, -0.05) is 18.2 Å². The fourth-order valence-corrected chi connectivity index (χ4v) is 2.79. The van der Waals surface area contributed by atoms with Crippen LogP contribution in [0.5, 0.6) is 0 Å². The maximum atomic E-state index is 11.7. The molecule has 0 fully saturated rings. The minimum atomic E-state index is -3.21. The molecule has 0 aliphatic rings. The summed E-state index contributed by atoms with van der Waals surface area (Å²) in [5, 5.41) is 3.18. The van der Waals surface area contributed by atoms with Crippen LogP contribution in [0.1, 0.15) is 11.3 Å². The molecule has 0 spiro atoms. The summed E-state index contributed by atoms with van der Waals surface area (Å²) < 4.78 is 23.3. The van der Waals surface area contributed by atoms with Crippen LogP contribution >= 0.6 is 0 Å². The Morgan fingerprint density at radius 3 is 2.55 bits per heavy atom. The van der Waals surface area contributed by atoms with Crippen molar-refractivity contribution in [3.05, 3.63) is 53.9 Å². The Morgan fingerprint density at radius 1 is 1.15 bits per heavy atom. The molecule has 0 saturated carbocycles. The molecule has 0 radical (unpaired) electrons. The second-order valence-corrected chi connectivity index (χ2v) is 6.74. The van der Waals surface area contributed by atoms with Crippen molar-refractivity contribution in [2.75, 3.05) is 18.1 Å². The van der Waals surface area contributed by atoms with E-state index in [1.807, 2.05) is 31.3 Å². The van der Waals surface area contributed by atoms with Gasteiger partial charge in [0.2, 0.25) is 0 Å². The van der Waals surface area contributed by atoms with Gasteiger partial charge in [0, 0.05) is 24.7 Å². The van der Waals surface area contributed by atoms with Gasteiger partial charge in [0.05, 0.1) is 10.6 Å². The zero-order valence-corrected chi connectivity index (χ0v) is 12.4. The lowest BCUT2D eigenvalue weighted by Crippen LogP contribution is -2.09. The van der Waals surface area contributed by atoms with Crippen LogP contribution in [0.3, 0.4) is 0 Å². The first kappa shape index (κ1) is 14.5. The van der Waals surface area contributed by atoms with Crippen molar-refractivity contribution in [1.29, 1.82) is 0 Å². The van der Waals surface area contributed by atoms with Crippen LogP contribution in [0, 0.1) is 6.92 Å². The third-order valence-corrected chi connectivity index (χ3v) is 4.14. The van der Waals surface area contributed by atoms with Gasteiger partial charge in [0.1, 0.15) is 0 Å². The van der Waals surface area contributed by atoms with Gasteiger partial charge >= 0.3 is 0 Å². The van der Waals surface area contributed by atoms with Crippen molar-refractivity contribution in [1.82, 2.24) is 4.98 Å². The molecule has 20 heavy (non-hydrogen) atoms. The number of hydrogen-bond acceptors (Lipinski definition) is 4. The Bertz CT molecular complexity index is 679. The van der Waals surface area contributed by atoms with E-state index in [2.05, 4.69) is 10.3 Å². The highest BCUT2D eigenvalue weighted by Gasteiger charge is 2.11. The molecule has 0 amide bonds. The van der Waals surface area contributed by atoms with Crippen molar-refractivity contribution in [2.24, 2.45) is 0 Å². The third kappa shape index (κ3) is 3.81. The predicted molar refractivity (Wildman–Crippen MR) is 80.7 cm³/mol. The summed E-state index contributed by atoms with van der Waals surface area (Å²) in [6, 6.07) is 11.0. The van der Waals surface area contributed by atoms with Crippen LogP contribution in [-0.2, 0) is 16.3 Å². The fourth-order valence-electron chi connectivity index (χ4n) is 1.92. The summed E-state index contributed by atoms with van der Waals surface area (Å²) in [6.45, 7) is 2.61. The van der Waals surface area contributed by atoms with Crippen molar-refractivity contribution in [3.63, 3.8) is 0 Å². The average Bonchev–Trinajstić information content (AvgIpc) is 2.40. The average molecular weight is 290 g/mol. The van der Waals surface area contributed by atoms with Crippen molar-refractivity contribution < 1.29 is 8.42 Å². The Kier molecular flexibility index (Phi) is 4.39. The summed E-state index contributed by atoms with van der Waals surface area (Å²) in [4.78, 5) is 4.57. The molecule has 2 rings (SSSR count). The zero-order chi connectivity index (χ0) is 14.6. The molecule has 0 aliphatic carbocycles. The Balaban J connectivity index is 2.03. The molecule has 1 aromatic carbocycles. The van der Waals surface area contributed by atoms with E-state index in [-0.39, 0.29) is 0 Å². The summed E-state index contributed by atoms with van der Waals surface area (Å²) in [5.41, 5.74) is 2.76. The molecule has 0 unspecified atom stereocenters. The van der Waals surface area contributed by atoms with E-state index in [1.54, 1.807) is 18.2 Å². The quantitative estimate of drug-likeness (QED) is 0.919. The number of aryl methyl sites for hydroxylation is 1. The van der Waals surface area contributed by atoms with Gasteiger partial charge in [-0.05, 0) is 37.1 Å². The normalized spacial score (nSPS) is 11.3. The molecule has 0 aliphatic heterocycles. The Labute approximate surface area is 119 Å². The number of nitrogens with zero attached hydrogens (tertiary/aromatic N) is 1. The van der Waals surface area contributed by atoms with Gasteiger partial charge < -0.3 is 5.32 Å². The van der Waals surface area contributed by atoms with Crippen LogP contribution in [0.25, 0.3) is 0 Å². The number of aromatic nitrogens is 1. The number of hydrogen-bond donors (Lipinski definition) is 1. The Hall–Kier alpha value is -1.88. The van der Waals surface area contributed by atoms with Crippen LogP contribution in [-0.4, -0.2) is 26.2 Å². The molecule has 1 aromatic heterocycles. The van der Waals surface area contributed by atoms with E-state index < -0.39 is 9.84 Å². The largest absolute Gasteiger partial charge is 0.384 e. The topological polar surface area (TPSA) is 59.1 Å². The van der Waals surface area contributed by atoms with E-state index in [9.17, 15) is 8.42 Å². The van der Waals surface area contributed by atoms with E-state index in [0.717, 1.165) is 17.7 Å². The molecule has 4 nitrogen and oxygen atoms in total. The highest BCUT2D eigenvalue weighted by Crippen LogP contribution is 2.20. The second-order valence-electron chi connectivity index (χ2n) is 4.75. The molecular formula is C15H18N2O2S. The minimum Gasteiger partial charge on any atom is -0.384 e. The first-order valence-electron chi connectivity index (χ1n) is 6.41. The molecule has 1 heterocycles. The first-order chi connectivity index (χ1) is 9.47. The maximum absolute atomic E-state index is 11.7. The van der Waals surface area contributed by atoms with E-state index >= 15 is 0 Å². The number of benzene rings is 1. The predicted octanol–water partition coefficient (Wildman–Crippen LogP) is 2.45. The SMILES string of the molecule is Cc1ccc(CCNc2ccccc2S(C)(=O)=O)cn1. The van der Waals surface area contributed by atoms with Crippen LogP contribution in [0.4, 0.5) is 5.69 Å². The summed E-state index contributed by atoms with van der Waals surface area (Å²) in [5.74, 6) is 0. The molecule has 1 N–H and O–H groups in total. The lowest BCUT2D eigenvalue weighted by atomic mass is 10.2. The number of rotatable bonds is 5. The number of anilines is 1. The monoisotopic (exact) mass is 290 g/mol. The fraction of sp³-hybridized carbons (Fsp3) is 0.267. The van der Waals surface area contributed by atoms with E-state index in [0.29, 0.717) is 17.1 Å². The zero-order valence-electron chi connectivity index (χ0n) is 11.6. The van der Waals surface area contributed by atoms with Gasteiger partial charge in [0.15, 0.2) is 9.84 Å². The summed E-state index contributed by atoms with van der Waals surface area (Å²) in [6.07, 6.45) is 3.86. The van der Waals surface area contributed by atoms with Gasteiger partial charge in [-0.2, -0.15) is 0 Å². The summed E-state index contributed by atoms with van der Waals surface area (Å²) in [7, 11) is -3.21. The van der Waals surface area contributed by atoms with Crippen molar-refractivity contribution in [3.8, 4) is 0 Å². The highest BCUT2D eigenvalue weighted by atomic mass is 32.2. The maximum Gasteiger partial charge on any atom is 0.177 e. The highest BCUT2D eigenvalue weighted by molar-refractivity contribution is 7.90. The first-order valence-corrected chi connectivity index (χ1v) is 8.30. The summed E-state index contributed by atoms with van der Waals surface area (Å²) >= 11 is 0. The third-order valence-electron chi connectivity index (χ3n) is 2.99. The molecule has 2 aromatic rings. The molecule has 106 valence electrons. The van der Waals surface area contributed by atoms with Crippen molar-refractivity contribution in [2.45, 2.75) is 18.2 Å². The molecule has 5 heteroatoms. The van der Waals surface area contributed by atoms with Gasteiger partial charge in [0.25, 0.3) is 0 Å². The molecular weight excluding hydrogens is 272 g/mol. The van der Waals surface area contributed by atoms with E-state index in [1.165, 1.54) is 6.26 Å². The molecule has 0 saturated heterocycles. The number of pyridine rings is 1. The number of nitrogens with one attached hydrogen (secondary N) is 1. The lowest BCUT2D eigenvalue weighted by molar-refractivity contribution is 0.602. The van der Waals surface area contributed by atoms with Gasteiger partial charge in [-0.15, -0.1) is 0 Å². The molecule has 0 atom stereocenters. The van der Waals surface area contributed by atoms with Crippen LogP contribution in [0.2, 0.25) is 0 Å². The number of sulfone groups is 1. The molecule has 0 bridgehead atoms. The minimum absolute atomic E-state index is 0.335. The van der Waals surface area contributed by atoms with Crippen LogP contribution in [0.15, 0.2) is 47.5 Å². The van der Waals surface area contributed by atoms with Crippen molar-refractivity contribution >= 4 is 15.5 Å². The Morgan fingerprint density at radius 2 is 1.90 bits per heavy atom. The standard InChI is InChI=1S/C15H18N2O2S/c1-12-7-8-13(11-17-12)9-10-16-14-5-3-4-6-15(14)20(2,18)19/h3-8,11,16H,9-10H2,1-2H3. The number of para-hydroxylation sites is 1. The lowest BCUT2D eigenvalue weighted by Gasteiger charge is -2.10. The van der Waals surface area contributed by atoms with Gasteiger partial charge in [-0.3, -0.25) is 4.98 Å². The van der Waals surface area contributed by atoms with Gasteiger partial charge in [-0.25, -0.2) is 8.42 Å². The smallest absolute Gasteiger partial charge is 0.177 e. The van der Waals surface area contributed by atoms with Crippen LogP contribution < -0.4 is 5.32 Å². The second kappa shape index (κ2) is 6.05.